The Balaban J connectivity index is 1.75. The van der Waals surface area contributed by atoms with E-state index in [1.54, 1.807) is 11.8 Å². The summed E-state index contributed by atoms with van der Waals surface area (Å²) in [7, 11) is 0. The number of hydrogen-bond acceptors (Lipinski definition) is 8. The number of aliphatic imine (C=N–C) groups is 1. The first-order valence-corrected chi connectivity index (χ1v) is 7.13. The van der Waals surface area contributed by atoms with Crippen LogP contribution in [0.3, 0.4) is 0 Å². The molecule has 0 spiro atoms. The lowest BCUT2D eigenvalue weighted by Crippen LogP contribution is -2.52. The Morgan fingerprint density at radius 1 is 1.61 bits per heavy atom. The van der Waals surface area contributed by atoms with Gasteiger partial charge >= 0.3 is 0 Å². The Bertz CT molecular complexity index is 356. The lowest BCUT2D eigenvalue weighted by Gasteiger charge is -2.32. The average Bonchev–Trinajstić information content (AvgIpc) is 2.92. The summed E-state index contributed by atoms with van der Waals surface area (Å²) < 4.78 is 5.67. The van der Waals surface area contributed by atoms with E-state index in [-0.39, 0.29) is 25.1 Å². The van der Waals surface area contributed by atoms with E-state index in [2.05, 4.69) is 10.3 Å². The quantitative estimate of drug-likeness (QED) is 0.465. The van der Waals surface area contributed by atoms with E-state index in [9.17, 15) is 5.11 Å². The van der Waals surface area contributed by atoms with Gasteiger partial charge in [-0.2, -0.15) is 0 Å². The third kappa shape index (κ3) is 2.08. The average molecular weight is 274 g/mol. The number of rotatable bonds is 2. The lowest BCUT2D eigenvalue weighted by atomic mass is 10.2. The fourth-order valence-electron chi connectivity index (χ4n) is 2.64. The fourth-order valence-corrected chi connectivity index (χ4v) is 3.90. The van der Waals surface area contributed by atoms with Gasteiger partial charge in [0.1, 0.15) is 12.4 Å². The predicted molar refractivity (Wildman–Crippen MR) is 67.9 cm³/mol. The summed E-state index contributed by atoms with van der Waals surface area (Å²) in [6, 6.07) is 0. The summed E-state index contributed by atoms with van der Waals surface area (Å²) in [5.74, 6) is 1.20. The van der Waals surface area contributed by atoms with Crippen LogP contribution in [0.15, 0.2) is 4.99 Å². The van der Waals surface area contributed by atoms with Crippen molar-refractivity contribution in [3.05, 3.63) is 0 Å². The number of aliphatic hydroxyl groups excluding tert-OH is 2. The molecule has 3 heterocycles. The molecule has 18 heavy (non-hydrogen) atoms. The number of fused-ring (bicyclic) bond motifs is 1. The normalized spacial score (nSPS) is 44.6. The van der Waals surface area contributed by atoms with E-state index in [4.69, 9.17) is 15.6 Å². The van der Waals surface area contributed by atoms with Crippen LogP contribution < -0.4 is 11.1 Å². The maximum Gasteiger partial charge on any atom is 0.190 e. The van der Waals surface area contributed by atoms with Gasteiger partial charge in [0.25, 0.3) is 0 Å². The highest BCUT2D eigenvalue weighted by Crippen LogP contribution is 2.36. The molecule has 5 N–H and O–H groups in total. The summed E-state index contributed by atoms with van der Waals surface area (Å²) >= 11 is 1.78. The van der Waals surface area contributed by atoms with Crippen LogP contribution in [-0.4, -0.2) is 70.0 Å². The molecule has 0 aromatic heterocycles. The van der Waals surface area contributed by atoms with Crippen molar-refractivity contribution < 1.29 is 14.9 Å². The lowest BCUT2D eigenvalue weighted by molar-refractivity contribution is -0.101. The van der Waals surface area contributed by atoms with Crippen LogP contribution in [0.5, 0.6) is 0 Å². The smallest absolute Gasteiger partial charge is 0.190 e. The molecule has 0 radical (unpaired) electrons. The third-order valence-electron chi connectivity index (χ3n) is 3.56. The van der Waals surface area contributed by atoms with Gasteiger partial charge in [-0.25, -0.2) is 9.89 Å². The van der Waals surface area contributed by atoms with Crippen LogP contribution >= 0.6 is 11.8 Å². The summed E-state index contributed by atoms with van der Waals surface area (Å²) in [5.41, 5.74) is 5.70. The monoisotopic (exact) mass is 274 g/mol. The zero-order valence-corrected chi connectivity index (χ0v) is 10.7. The molecule has 0 aromatic carbocycles. The van der Waals surface area contributed by atoms with Gasteiger partial charge in [0, 0.05) is 18.8 Å². The highest BCUT2D eigenvalue weighted by atomic mass is 32.2. The highest BCUT2D eigenvalue weighted by Gasteiger charge is 2.46. The summed E-state index contributed by atoms with van der Waals surface area (Å²) in [6.07, 6.45) is -0.825. The molecule has 3 aliphatic heterocycles. The first-order valence-electron chi connectivity index (χ1n) is 6.08. The molecular weight excluding hydrogens is 256 g/mol. The molecule has 0 amide bonds. The molecule has 2 unspecified atom stereocenters. The SMILES string of the molecule is NC1=NC2C(CN1)SCN2[C@@H]1O[C@H](CO)C[C@H]1O. The van der Waals surface area contributed by atoms with Crippen LogP contribution in [0, 0.1) is 0 Å². The van der Waals surface area contributed by atoms with E-state index >= 15 is 0 Å². The fraction of sp³-hybridized carbons (Fsp3) is 0.900. The van der Waals surface area contributed by atoms with Gasteiger partial charge in [-0.15, -0.1) is 11.8 Å². The molecule has 8 heteroatoms. The van der Waals surface area contributed by atoms with Crippen molar-refractivity contribution >= 4 is 17.7 Å². The molecule has 7 nitrogen and oxygen atoms in total. The Kier molecular flexibility index (Phi) is 3.37. The zero-order chi connectivity index (χ0) is 12.7. The maximum atomic E-state index is 10.0. The molecule has 2 saturated heterocycles. The minimum atomic E-state index is -0.576. The van der Waals surface area contributed by atoms with Crippen molar-refractivity contribution in [3.63, 3.8) is 0 Å². The van der Waals surface area contributed by atoms with Crippen molar-refractivity contribution in [1.82, 2.24) is 10.2 Å². The zero-order valence-electron chi connectivity index (χ0n) is 9.90. The van der Waals surface area contributed by atoms with E-state index < -0.39 is 6.10 Å². The molecule has 3 aliphatic rings. The van der Waals surface area contributed by atoms with E-state index in [1.165, 1.54) is 0 Å². The first kappa shape index (κ1) is 12.5. The standard InChI is InChI=1S/C10H18N4O3S/c11-10-12-2-7-8(13-10)14(4-18-7)9-6(16)1-5(3-15)17-9/h5-9,15-16H,1-4H2,(H3,11,12,13)/t5-,6+,7?,8?,9+/m0/s1. The molecule has 3 rings (SSSR count). The van der Waals surface area contributed by atoms with Crippen LogP contribution in [0.4, 0.5) is 0 Å². The predicted octanol–water partition coefficient (Wildman–Crippen LogP) is -1.93. The summed E-state index contributed by atoms with van der Waals surface area (Å²) in [4.78, 5) is 6.42. The van der Waals surface area contributed by atoms with E-state index in [0.29, 0.717) is 17.6 Å². The van der Waals surface area contributed by atoms with Crippen LogP contribution in [0.25, 0.3) is 0 Å². The molecule has 0 aliphatic carbocycles. The largest absolute Gasteiger partial charge is 0.394 e. The minimum absolute atomic E-state index is 0.0478. The number of thioether (sulfide) groups is 1. The number of ether oxygens (including phenoxy) is 1. The second-order valence-corrected chi connectivity index (χ2v) is 5.99. The highest BCUT2D eigenvalue weighted by molar-refractivity contribution is 8.00. The Hall–Kier alpha value is -0.540. The summed E-state index contributed by atoms with van der Waals surface area (Å²) in [6.45, 7) is 0.725. The molecule has 102 valence electrons. The van der Waals surface area contributed by atoms with Crippen LogP contribution in [0.2, 0.25) is 0 Å². The minimum Gasteiger partial charge on any atom is -0.394 e. The summed E-state index contributed by atoms with van der Waals surface area (Å²) in [5, 5.41) is 22.5. The molecular formula is C10H18N4O3S. The van der Waals surface area contributed by atoms with Gasteiger partial charge in [-0.1, -0.05) is 0 Å². The van der Waals surface area contributed by atoms with Crippen molar-refractivity contribution in [2.75, 3.05) is 19.0 Å². The van der Waals surface area contributed by atoms with Gasteiger partial charge in [-0.05, 0) is 0 Å². The number of guanidine groups is 1. The number of nitrogens with one attached hydrogen (secondary N) is 1. The molecule has 0 saturated carbocycles. The second kappa shape index (κ2) is 4.86. The number of nitrogens with two attached hydrogens (primary N) is 1. The number of nitrogens with zero attached hydrogens (tertiary/aromatic N) is 2. The van der Waals surface area contributed by atoms with Crippen molar-refractivity contribution in [2.24, 2.45) is 10.7 Å². The topological polar surface area (TPSA) is 103 Å². The maximum absolute atomic E-state index is 10.0. The first-order chi connectivity index (χ1) is 8.69. The molecule has 5 atom stereocenters. The molecule has 0 aromatic rings. The van der Waals surface area contributed by atoms with Crippen LogP contribution in [-0.2, 0) is 4.74 Å². The Labute approximate surface area is 109 Å². The van der Waals surface area contributed by atoms with Gasteiger partial charge in [-0.3, -0.25) is 0 Å². The van der Waals surface area contributed by atoms with Gasteiger partial charge in [0.2, 0.25) is 0 Å². The Morgan fingerprint density at radius 3 is 3.17 bits per heavy atom. The van der Waals surface area contributed by atoms with Crippen LogP contribution in [0.1, 0.15) is 6.42 Å². The van der Waals surface area contributed by atoms with E-state index in [0.717, 1.165) is 12.4 Å². The second-order valence-electron chi connectivity index (χ2n) is 4.79. The number of aliphatic hydroxyl groups is 2. The molecule has 0 bridgehead atoms. The number of hydrogen-bond donors (Lipinski definition) is 4. The van der Waals surface area contributed by atoms with Gasteiger partial charge < -0.3 is 26.0 Å². The molecule has 2 fully saturated rings. The van der Waals surface area contributed by atoms with E-state index in [1.807, 2.05) is 4.90 Å². The third-order valence-corrected chi connectivity index (χ3v) is 4.85. The van der Waals surface area contributed by atoms with Crippen molar-refractivity contribution in [3.8, 4) is 0 Å². The van der Waals surface area contributed by atoms with Gasteiger partial charge in [0.05, 0.1) is 24.1 Å². The van der Waals surface area contributed by atoms with Gasteiger partial charge in [0.15, 0.2) is 5.96 Å². The Morgan fingerprint density at radius 2 is 2.44 bits per heavy atom. The van der Waals surface area contributed by atoms with Crippen molar-refractivity contribution in [2.45, 2.75) is 36.3 Å². The van der Waals surface area contributed by atoms with Crippen molar-refractivity contribution in [1.29, 1.82) is 0 Å².